The number of rotatable bonds is 0. The molecule has 0 bridgehead atoms. The summed E-state index contributed by atoms with van der Waals surface area (Å²) in [7, 11) is 0. The van der Waals surface area contributed by atoms with Gasteiger partial charge in [0.25, 0.3) is 0 Å². The molecule has 6 heteroatoms. The van der Waals surface area contributed by atoms with Gasteiger partial charge in [-0.05, 0) is 5.57 Å². The van der Waals surface area contributed by atoms with E-state index in [-0.39, 0.29) is 31.0 Å². The Morgan fingerprint density at radius 2 is 2.00 bits per heavy atom. The molecule has 19 heavy (non-hydrogen) atoms. The summed E-state index contributed by atoms with van der Waals surface area (Å²) < 4.78 is 0. The second-order valence-electron chi connectivity index (χ2n) is 5.50. The Morgan fingerprint density at radius 3 is 2.74 bits per heavy atom. The van der Waals surface area contributed by atoms with Crippen LogP contribution in [0.25, 0.3) is 0 Å². The van der Waals surface area contributed by atoms with Crippen molar-refractivity contribution >= 4 is 11.6 Å². The molecule has 0 aromatic carbocycles. The lowest BCUT2D eigenvalue weighted by atomic mass is 9.94. The maximum Gasteiger partial charge on any atom is 0.219 e. The molecule has 100 valence electrons. The van der Waals surface area contributed by atoms with Crippen LogP contribution in [0.3, 0.4) is 0 Å². The van der Waals surface area contributed by atoms with E-state index < -0.39 is 11.4 Å². The van der Waals surface area contributed by atoms with E-state index in [1.54, 1.807) is 4.90 Å². The Balaban J connectivity index is 1.82. The van der Waals surface area contributed by atoms with Crippen LogP contribution in [-0.2, 0) is 9.59 Å². The van der Waals surface area contributed by atoms with Crippen molar-refractivity contribution in [3.63, 3.8) is 0 Å². The lowest BCUT2D eigenvalue weighted by Gasteiger charge is -2.35. The molecule has 1 unspecified atom stereocenters. The van der Waals surface area contributed by atoms with Crippen molar-refractivity contribution in [3.8, 4) is 0 Å². The largest absolute Gasteiger partial charge is 0.380 e. The molecule has 4 rings (SSSR count). The van der Waals surface area contributed by atoms with Crippen LogP contribution in [0, 0.1) is 0 Å². The Kier molecular flexibility index (Phi) is 1.99. The quantitative estimate of drug-likeness (QED) is 0.467. The van der Waals surface area contributed by atoms with Crippen LogP contribution in [0.15, 0.2) is 23.4 Å². The number of hydrogen-bond donors (Lipinski definition) is 3. The van der Waals surface area contributed by atoms with Crippen molar-refractivity contribution in [1.82, 2.24) is 15.5 Å². The number of carbonyl (C=O) groups excluding carboxylic acids is 2. The minimum Gasteiger partial charge on any atom is -0.380 e. The zero-order valence-corrected chi connectivity index (χ0v) is 10.4. The van der Waals surface area contributed by atoms with Crippen LogP contribution >= 0.6 is 0 Å². The monoisotopic (exact) mass is 261 g/mol. The summed E-state index contributed by atoms with van der Waals surface area (Å²) in [6.07, 6.45) is 4.47. The van der Waals surface area contributed by atoms with Crippen molar-refractivity contribution in [2.24, 2.45) is 0 Å². The summed E-state index contributed by atoms with van der Waals surface area (Å²) in [5.74, 6) is -1.56. The molecule has 1 atom stereocenters. The fraction of sp³-hybridized carbons (Fsp3) is 0.538. The Hall–Kier alpha value is -1.50. The van der Waals surface area contributed by atoms with E-state index in [2.05, 4.69) is 10.6 Å². The molecule has 3 aliphatic heterocycles. The van der Waals surface area contributed by atoms with E-state index in [1.165, 1.54) is 0 Å². The van der Waals surface area contributed by atoms with Gasteiger partial charge in [0.2, 0.25) is 5.85 Å². The summed E-state index contributed by atoms with van der Waals surface area (Å²) in [4.78, 5) is 26.1. The summed E-state index contributed by atoms with van der Waals surface area (Å²) in [5.41, 5.74) is 0.453. The Bertz CT molecular complexity index is 549. The van der Waals surface area contributed by atoms with E-state index in [0.717, 1.165) is 5.57 Å². The molecule has 6 nitrogen and oxygen atoms in total. The first-order valence-corrected chi connectivity index (χ1v) is 6.55. The highest BCUT2D eigenvalue weighted by Crippen LogP contribution is 2.44. The van der Waals surface area contributed by atoms with Crippen LogP contribution in [0.5, 0.6) is 0 Å². The van der Waals surface area contributed by atoms with Crippen LogP contribution < -0.4 is 10.6 Å². The Morgan fingerprint density at radius 1 is 1.26 bits per heavy atom. The molecular formula is C13H15N3O3. The van der Waals surface area contributed by atoms with Gasteiger partial charge in [0.1, 0.15) is 0 Å². The number of nitrogens with zero attached hydrogens (tertiary/aromatic N) is 1. The highest BCUT2D eigenvalue weighted by molar-refractivity contribution is 6.18. The third-order valence-electron chi connectivity index (χ3n) is 4.66. The van der Waals surface area contributed by atoms with Gasteiger partial charge in [-0.25, -0.2) is 4.90 Å². The first-order valence-electron chi connectivity index (χ1n) is 6.55. The number of carbonyl (C=O) groups is 2. The van der Waals surface area contributed by atoms with Crippen molar-refractivity contribution in [3.05, 3.63) is 23.4 Å². The van der Waals surface area contributed by atoms with E-state index in [0.29, 0.717) is 18.8 Å². The predicted molar refractivity (Wildman–Crippen MR) is 65.8 cm³/mol. The maximum absolute atomic E-state index is 12.2. The second kappa shape index (κ2) is 3.33. The van der Waals surface area contributed by atoms with Gasteiger partial charge in [0.15, 0.2) is 17.1 Å². The van der Waals surface area contributed by atoms with Gasteiger partial charge in [-0.15, -0.1) is 0 Å². The Labute approximate surface area is 110 Å². The van der Waals surface area contributed by atoms with Crippen LogP contribution in [0.4, 0.5) is 0 Å². The topological polar surface area (TPSA) is 81.7 Å². The molecule has 1 saturated heterocycles. The normalized spacial score (nSPS) is 36.1. The summed E-state index contributed by atoms with van der Waals surface area (Å²) in [6, 6.07) is 0. The molecule has 0 aromatic rings. The van der Waals surface area contributed by atoms with Gasteiger partial charge in [-0.1, -0.05) is 12.2 Å². The standard InChI is InChI=1S/C13H15N3O3/c17-9-3-4-10(18)12(9)7-15-13(19)11-8(6-16(12)13)2-1-5-14-11/h1-2,14-15,19H,3-7H2. The number of aliphatic hydroxyl groups is 1. The number of nitrogens with one attached hydrogen (secondary N) is 2. The van der Waals surface area contributed by atoms with Crippen molar-refractivity contribution in [2.45, 2.75) is 24.2 Å². The lowest BCUT2D eigenvalue weighted by Crippen LogP contribution is -2.60. The molecule has 3 N–H and O–H groups in total. The smallest absolute Gasteiger partial charge is 0.219 e. The van der Waals surface area contributed by atoms with Gasteiger partial charge in [0, 0.05) is 32.5 Å². The molecule has 1 spiro atoms. The van der Waals surface area contributed by atoms with Crippen molar-refractivity contribution in [2.75, 3.05) is 19.6 Å². The summed E-state index contributed by atoms with van der Waals surface area (Å²) >= 11 is 0. The predicted octanol–water partition coefficient (Wildman–Crippen LogP) is -1.36. The fourth-order valence-corrected chi connectivity index (χ4v) is 3.69. The van der Waals surface area contributed by atoms with Gasteiger partial charge in [-0.3, -0.25) is 14.9 Å². The van der Waals surface area contributed by atoms with Gasteiger partial charge in [-0.2, -0.15) is 0 Å². The SMILES string of the molecule is O=C1CCC(=O)C12CNC1(O)C3=C(C=CCN3)CN12. The number of hydrogen-bond acceptors (Lipinski definition) is 6. The summed E-state index contributed by atoms with van der Waals surface area (Å²) in [5, 5.41) is 17.0. The first-order chi connectivity index (χ1) is 9.09. The first kappa shape index (κ1) is 11.3. The van der Waals surface area contributed by atoms with Crippen LogP contribution in [-0.4, -0.2) is 52.6 Å². The minimum absolute atomic E-state index is 0.0789. The van der Waals surface area contributed by atoms with E-state index in [1.807, 2.05) is 12.2 Å². The molecular weight excluding hydrogens is 246 g/mol. The van der Waals surface area contributed by atoms with Crippen molar-refractivity contribution in [1.29, 1.82) is 0 Å². The maximum atomic E-state index is 12.2. The molecule has 1 aliphatic carbocycles. The highest BCUT2D eigenvalue weighted by Gasteiger charge is 2.67. The molecule has 0 aromatic heterocycles. The van der Waals surface area contributed by atoms with Gasteiger partial charge >= 0.3 is 0 Å². The third-order valence-corrected chi connectivity index (χ3v) is 4.66. The number of Topliss-reactive ketones (excluding diaryl/α,β-unsaturated/α-hetero) is 2. The molecule has 0 amide bonds. The third kappa shape index (κ3) is 1.13. The second-order valence-corrected chi connectivity index (χ2v) is 5.50. The van der Waals surface area contributed by atoms with Crippen LogP contribution in [0.1, 0.15) is 12.8 Å². The van der Waals surface area contributed by atoms with E-state index in [4.69, 9.17) is 0 Å². The van der Waals surface area contributed by atoms with Gasteiger partial charge < -0.3 is 10.4 Å². The zero-order chi connectivity index (χ0) is 13.3. The summed E-state index contributed by atoms with van der Waals surface area (Å²) in [6.45, 7) is 1.26. The van der Waals surface area contributed by atoms with E-state index in [9.17, 15) is 14.7 Å². The average Bonchev–Trinajstić information content (AvgIpc) is 2.97. The van der Waals surface area contributed by atoms with Gasteiger partial charge in [0.05, 0.1) is 5.70 Å². The minimum atomic E-state index is -1.41. The van der Waals surface area contributed by atoms with Crippen LogP contribution in [0.2, 0.25) is 0 Å². The number of ketones is 2. The number of dihydropyridines is 1. The van der Waals surface area contributed by atoms with E-state index >= 15 is 0 Å². The fourth-order valence-electron chi connectivity index (χ4n) is 3.69. The number of fused-ring (bicyclic) bond motifs is 3. The molecule has 1 saturated carbocycles. The zero-order valence-electron chi connectivity index (χ0n) is 10.4. The molecule has 0 radical (unpaired) electrons. The highest BCUT2D eigenvalue weighted by atomic mass is 16.3. The molecule has 3 heterocycles. The van der Waals surface area contributed by atoms with Crippen molar-refractivity contribution < 1.29 is 14.7 Å². The lowest BCUT2D eigenvalue weighted by molar-refractivity contribution is -0.145. The average molecular weight is 261 g/mol. The molecule has 2 fully saturated rings. The molecule has 4 aliphatic rings.